The van der Waals surface area contributed by atoms with Crippen molar-refractivity contribution < 1.29 is 0 Å². The molecule has 0 radical (unpaired) electrons. The van der Waals surface area contributed by atoms with Crippen molar-refractivity contribution in [2.45, 2.75) is 44.6 Å². The molecule has 1 aromatic rings. The highest BCUT2D eigenvalue weighted by Gasteiger charge is 2.53. The molecule has 3 heteroatoms. The number of fused-ring (bicyclic) bond motifs is 1. The van der Waals surface area contributed by atoms with Crippen LogP contribution in [0.5, 0.6) is 0 Å². The van der Waals surface area contributed by atoms with Gasteiger partial charge >= 0.3 is 0 Å². The standard InChI is InChI=1S/C14H18ClNS/c15-13-7-10-11(3-4-12(10)17-13)16-8-14(5-6-14)9-1-2-9/h7,9,11,16H,1-6,8H2. The first kappa shape index (κ1) is 10.8. The highest BCUT2D eigenvalue weighted by molar-refractivity contribution is 7.16. The lowest BCUT2D eigenvalue weighted by Crippen LogP contribution is -2.28. The van der Waals surface area contributed by atoms with E-state index in [0.29, 0.717) is 11.5 Å². The SMILES string of the molecule is Clc1cc2c(s1)CCC2NCC1(C2CC2)CC1. The largest absolute Gasteiger partial charge is 0.309 e. The van der Waals surface area contributed by atoms with Crippen LogP contribution in [0.3, 0.4) is 0 Å². The van der Waals surface area contributed by atoms with Crippen LogP contribution in [0.1, 0.15) is 48.6 Å². The molecule has 0 spiro atoms. The number of hydrogen-bond donors (Lipinski definition) is 1. The molecule has 1 aromatic heterocycles. The molecule has 2 fully saturated rings. The van der Waals surface area contributed by atoms with Crippen molar-refractivity contribution in [1.82, 2.24) is 5.32 Å². The second kappa shape index (κ2) is 3.72. The number of aryl methyl sites for hydroxylation is 1. The summed E-state index contributed by atoms with van der Waals surface area (Å²) >= 11 is 7.87. The highest BCUT2D eigenvalue weighted by Crippen LogP contribution is 2.61. The Bertz CT molecular complexity index is 445. The minimum atomic E-state index is 0.588. The van der Waals surface area contributed by atoms with E-state index in [1.165, 1.54) is 55.5 Å². The Kier molecular flexibility index (Phi) is 2.37. The summed E-state index contributed by atoms with van der Waals surface area (Å²) in [5, 5.41) is 3.82. The van der Waals surface area contributed by atoms with Gasteiger partial charge in [0.1, 0.15) is 0 Å². The van der Waals surface area contributed by atoms with Gasteiger partial charge in [-0.25, -0.2) is 0 Å². The second-order valence-corrected chi connectivity index (χ2v) is 7.81. The molecule has 1 atom stereocenters. The Labute approximate surface area is 112 Å². The fraction of sp³-hybridized carbons (Fsp3) is 0.714. The predicted octanol–water partition coefficient (Wildman–Crippen LogP) is 4.17. The molecule has 1 N–H and O–H groups in total. The van der Waals surface area contributed by atoms with Crippen molar-refractivity contribution in [3.8, 4) is 0 Å². The van der Waals surface area contributed by atoms with Gasteiger partial charge in [-0.15, -0.1) is 11.3 Å². The molecule has 1 nitrogen and oxygen atoms in total. The molecular formula is C14H18ClNS. The highest BCUT2D eigenvalue weighted by atomic mass is 35.5. The lowest BCUT2D eigenvalue weighted by Gasteiger charge is -2.19. The van der Waals surface area contributed by atoms with Crippen LogP contribution in [-0.2, 0) is 6.42 Å². The monoisotopic (exact) mass is 267 g/mol. The summed E-state index contributed by atoms with van der Waals surface area (Å²) < 4.78 is 0.963. The third-order valence-corrected chi connectivity index (χ3v) is 6.22. The first-order valence-corrected chi connectivity index (χ1v) is 7.98. The normalized spacial score (nSPS) is 29.4. The van der Waals surface area contributed by atoms with Gasteiger partial charge in [0.2, 0.25) is 0 Å². The molecule has 1 heterocycles. The average Bonchev–Trinajstić information content (AvgIpc) is 3.18. The molecule has 92 valence electrons. The zero-order chi connectivity index (χ0) is 11.5. The number of thiophene rings is 1. The van der Waals surface area contributed by atoms with Gasteiger partial charge in [-0.1, -0.05) is 11.6 Å². The topological polar surface area (TPSA) is 12.0 Å². The smallest absolute Gasteiger partial charge is 0.0934 e. The lowest BCUT2D eigenvalue weighted by atomic mass is 10.00. The molecular weight excluding hydrogens is 250 g/mol. The van der Waals surface area contributed by atoms with Gasteiger partial charge in [0.15, 0.2) is 0 Å². The summed E-state index contributed by atoms with van der Waals surface area (Å²) in [6, 6.07) is 2.77. The summed E-state index contributed by atoms with van der Waals surface area (Å²) in [6.45, 7) is 1.25. The molecule has 0 aromatic carbocycles. The Morgan fingerprint density at radius 3 is 2.88 bits per heavy atom. The van der Waals surface area contributed by atoms with Gasteiger partial charge in [0.25, 0.3) is 0 Å². The maximum absolute atomic E-state index is 6.10. The second-order valence-electron chi connectivity index (χ2n) is 6.04. The Balaban J connectivity index is 1.43. The number of hydrogen-bond acceptors (Lipinski definition) is 2. The van der Waals surface area contributed by atoms with Crippen LogP contribution in [0.15, 0.2) is 6.07 Å². The van der Waals surface area contributed by atoms with Crippen molar-refractivity contribution >= 4 is 22.9 Å². The van der Waals surface area contributed by atoms with Gasteiger partial charge < -0.3 is 5.32 Å². The van der Waals surface area contributed by atoms with E-state index in [-0.39, 0.29) is 0 Å². The molecule has 0 saturated heterocycles. The van der Waals surface area contributed by atoms with Crippen LogP contribution in [0.25, 0.3) is 0 Å². The summed E-state index contributed by atoms with van der Waals surface area (Å²) in [7, 11) is 0. The lowest BCUT2D eigenvalue weighted by molar-refractivity contribution is 0.373. The quantitative estimate of drug-likeness (QED) is 0.863. The van der Waals surface area contributed by atoms with Crippen molar-refractivity contribution in [3.63, 3.8) is 0 Å². The molecule has 1 unspecified atom stereocenters. The molecule has 17 heavy (non-hydrogen) atoms. The molecule has 0 amide bonds. The van der Waals surface area contributed by atoms with E-state index in [1.54, 1.807) is 11.3 Å². The van der Waals surface area contributed by atoms with Crippen molar-refractivity contribution in [2.75, 3.05) is 6.54 Å². The summed E-state index contributed by atoms with van der Waals surface area (Å²) in [5.41, 5.74) is 2.20. The average molecular weight is 268 g/mol. The minimum absolute atomic E-state index is 0.588. The van der Waals surface area contributed by atoms with E-state index >= 15 is 0 Å². The maximum Gasteiger partial charge on any atom is 0.0934 e. The predicted molar refractivity (Wildman–Crippen MR) is 72.8 cm³/mol. The van der Waals surface area contributed by atoms with Crippen LogP contribution < -0.4 is 5.32 Å². The van der Waals surface area contributed by atoms with Gasteiger partial charge in [0, 0.05) is 17.5 Å². The Hall–Kier alpha value is -0.0500. The van der Waals surface area contributed by atoms with Gasteiger partial charge in [-0.05, 0) is 61.5 Å². The summed E-state index contributed by atoms with van der Waals surface area (Å²) in [4.78, 5) is 1.52. The molecule has 0 aliphatic heterocycles. The zero-order valence-corrected chi connectivity index (χ0v) is 11.5. The van der Waals surface area contributed by atoms with Crippen molar-refractivity contribution in [2.24, 2.45) is 11.3 Å². The van der Waals surface area contributed by atoms with Gasteiger partial charge in [-0.2, -0.15) is 0 Å². The van der Waals surface area contributed by atoms with E-state index in [1.807, 2.05) is 0 Å². The van der Waals surface area contributed by atoms with Crippen molar-refractivity contribution in [3.05, 3.63) is 20.8 Å². The Morgan fingerprint density at radius 1 is 1.35 bits per heavy atom. The maximum atomic E-state index is 6.10. The minimum Gasteiger partial charge on any atom is -0.309 e. The van der Waals surface area contributed by atoms with Crippen LogP contribution in [0.2, 0.25) is 4.34 Å². The van der Waals surface area contributed by atoms with E-state index < -0.39 is 0 Å². The van der Waals surface area contributed by atoms with Gasteiger partial charge in [0.05, 0.1) is 4.34 Å². The summed E-state index contributed by atoms with van der Waals surface area (Å²) in [6.07, 6.45) is 8.41. The first-order chi connectivity index (χ1) is 8.27. The number of nitrogens with one attached hydrogen (secondary N) is 1. The molecule has 4 rings (SSSR count). The molecule has 0 bridgehead atoms. The number of halogens is 1. The number of rotatable bonds is 4. The molecule has 3 aliphatic rings. The van der Waals surface area contributed by atoms with E-state index in [0.717, 1.165) is 10.3 Å². The third kappa shape index (κ3) is 1.85. The third-order valence-electron chi connectivity index (χ3n) is 4.88. The van der Waals surface area contributed by atoms with E-state index in [4.69, 9.17) is 11.6 Å². The first-order valence-electron chi connectivity index (χ1n) is 6.78. The molecule has 2 saturated carbocycles. The molecule has 3 aliphatic carbocycles. The van der Waals surface area contributed by atoms with Crippen LogP contribution in [0, 0.1) is 11.3 Å². The van der Waals surface area contributed by atoms with E-state index in [2.05, 4.69) is 11.4 Å². The zero-order valence-electron chi connectivity index (χ0n) is 9.97. The van der Waals surface area contributed by atoms with Crippen LogP contribution in [0.4, 0.5) is 0 Å². The van der Waals surface area contributed by atoms with Gasteiger partial charge in [-0.3, -0.25) is 0 Å². The fourth-order valence-corrected chi connectivity index (χ4v) is 4.81. The van der Waals surface area contributed by atoms with E-state index in [9.17, 15) is 0 Å². The fourth-order valence-electron chi connectivity index (χ4n) is 3.45. The van der Waals surface area contributed by atoms with Crippen LogP contribution >= 0.6 is 22.9 Å². The van der Waals surface area contributed by atoms with Crippen molar-refractivity contribution in [1.29, 1.82) is 0 Å². The summed E-state index contributed by atoms with van der Waals surface area (Å²) in [5.74, 6) is 1.06. The Morgan fingerprint density at radius 2 is 2.18 bits per heavy atom. The van der Waals surface area contributed by atoms with Crippen LogP contribution in [-0.4, -0.2) is 6.54 Å².